The monoisotopic (exact) mass is 499 g/mol. The maximum Gasteiger partial charge on any atom is 0.362 e. The molecule has 0 radical (unpaired) electrons. The second kappa shape index (κ2) is 8.73. The fourth-order valence-corrected chi connectivity index (χ4v) is 6.20. The number of nitrogens with one attached hydrogen (secondary N) is 1. The molecular formula is C21H30N3O7PS. The molecule has 2 aliphatic heterocycles. The van der Waals surface area contributed by atoms with Gasteiger partial charge in [-0.3, -0.25) is 4.57 Å². The van der Waals surface area contributed by atoms with Crippen LogP contribution in [0.3, 0.4) is 0 Å². The van der Waals surface area contributed by atoms with Crippen molar-refractivity contribution in [3.05, 3.63) is 28.2 Å². The molecule has 0 saturated carbocycles. The van der Waals surface area contributed by atoms with Crippen LogP contribution in [0.1, 0.15) is 57.4 Å². The van der Waals surface area contributed by atoms with E-state index in [-0.39, 0.29) is 13.0 Å². The first kappa shape index (κ1) is 24.8. The summed E-state index contributed by atoms with van der Waals surface area (Å²) >= 11 is 5.44. The Morgan fingerprint density at radius 3 is 2.70 bits per heavy atom. The topological polar surface area (TPSA) is 150 Å². The summed E-state index contributed by atoms with van der Waals surface area (Å²) in [4.78, 5) is 22.3. The zero-order valence-corrected chi connectivity index (χ0v) is 20.7. The fraction of sp³-hybridized carbons (Fsp3) is 0.667. The molecule has 0 aromatic carbocycles. The van der Waals surface area contributed by atoms with Gasteiger partial charge in [0.2, 0.25) is 0 Å². The molecule has 2 aromatic rings. The molecule has 0 bridgehead atoms. The van der Waals surface area contributed by atoms with Crippen molar-refractivity contribution in [2.24, 2.45) is 0 Å². The van der Waals surface area contributed by atoms with Gasteiger partial charge in [-0.2, -0.15) is 0 Å². The molecule has 33 heavy (non-hydrogen) atoms. The molecule has 2 saturated heterocycles. The van der Waals surface area contributed by atoms with Gasteiger partial charge in [0.25, 0.3) is 0 Å². The van der Waals surface area contributed by atoms with Crippen molar-refractivity contribution in [1.82, 2.24) is 15.0 Å². The summed E-state index contributed by atoms with van der Waals surface area (Å²) in [5.41, 5.74) is 1.18. The summed E-state index contributed by atoms with van der Waals surface area (Å²) in [6.45, 7) is 7.27. The van der Waals surface area contributed by atoms with E-state index in [0.717, 1.165) is 5.69 Å². The molecule has 4 rings (SSSR count). The quantitative estimate of drug-likeness (QED) is 0.242. The molecule has 12 heteroatoms. The molecule has 0 aliphatic carbocycles. The maximum absolute atomic E-state index is 12.9. The lowest BCUT2D eigenvalue weighted by atomic mass is 9.92. The van der Waals surface area contributed by atoms with Crippen molar-refractivity contribution in [3.63, 3.8) is 0 Å². The van der Waals surface area contributed by atoms with Crippen LogP contribution < -0.4 is 0 Å². The number of rotatable bonds is 8. The third kappa shape index (κ3) is 4.53. The van der Waals surface area contributed by atoms with Gasteiger partial charge < -0.3 is 34.1 Å². The molecular weight excluding hydrogens is 469 g/mol. The molecule has 7 atom stereocenters. The van der Waals surface area contributed by atoms with Crippen LogP contribution in [0.4, 0.5) is 0 Å². The Kier molecular flexibility index (Phi) is 6.56. The van der Waals surface area contributed by atoms with E-state index in [9.17, 15) is 19.7 Å². The van der Waals surface area contributed by atoms with Crippen LogP contribution in [0.25, 0.3) is 11.2 Å². The molecule has 7 unspecified atom stereocenters. The van der Waals surface area contributed by atoms with Crippen LogP contribution in [0.5, 0.6) is 0 Å². The lowest BCUT2D eigenvalue weighted by Gasteiger charge is -2.35. The molecule has 182 valence electrons. The Morgan fingerprint density at radius 1 is 1.39 bits per heavy atom. The first-order valence-electron chi connectivity index (χ1n) is 11.0. The highest BCUT2D eigenvalue weighted by atomic mass is 32.1. The van der Waals surface area contributed by atoms with Gasteiger partial charge in [-0.25, -0.2) is 9.97 Å². The van der Waals surface area contributed by atoms with Gasteiger partial charge in [0.15, 0.2) is 11.0 Å². The molecule has 0 amide bonds. The number of aromatic amines is 1. The average molecular weight is 500 g/mol. The van der Waals surface area contributed by atoms with E-state index in [1.165, 1.54) is 0 Å². The minimum Gasteiger partial charge on any atom is -0.388 e. The first-order chi connectivity index (χ1) is 15.4. The van der Waals surface area contributed by atoms with Crippen LogP contribution >= 0.6 is 19.8 Å². The number of aliphatic hydroxyl groups is 2. The second-order valence-electron chi connectivity index (χ2n) is 9.08. The standard InChI is InChI=1S/C21H30N3O7PS/c1-5-20(4,31-32(27,28)21(6-2)10-29-21)8-14-15(25)16(26)17(30-14)12-7-13-18(24-19(12)33)22-9-11(3)23-13/h7,9,14-17,25-26H,5-6,8,10H2,1-4H3,(H,27,28)(H,22,24,33). The van der Waals surface area contributed by atoms with E-state index in [4.69, 9.17) is 26.2 Å². The van der Waals surface area contributed by atoms with E-state index in [2.05, 4.69) is 15.0 Å². The minimum absolute atomic E-state index is 0.0888. The van der Waals surface area contributed by atoms with Gasteiger partial charge in [-0.1, -0.05) is 26.1 Å². The zero-order chi connectivity index (χ0) is 24.2. The average Bonchev–Trinajstić information content (AvgIpc) is 3.53. The predicted molar refractivity (Wildman–Crippen MR) is 122 cm³/mol. The SMILES string of the molecule is CCC(C)(CC1OC(c2cc3nc(C)cnc3[nH]c2=S)C(O)C1O)OP(=O)(O)C1(CC)CO1. The van der Waals surface area contributed by atoms with Crippen molar-refractivity contribution in [3.8, 4) is 0 Å². The van der Waals surface area contributed by atoms with E-state index in [1.807, 2.05) is 13.8 Å². The molecule has 10 nitrogen and oxygen atoms in total. The number of epoxide rings is 1. The number of aromatic nitrogens is 3. The van der Waals surface area contributed by atoms with E-state index >= 15 is 0 Å². The van der Waals surface area contributed by atoms with Gasteiger partial charge in [-0.15, -0.1) is 0 Å². The molecule has 4 heterocycles. The highest BCUT2D eigenvalue weighted by Crippen LogP contribution is 2.66. The highest BCUT2D eigenvalue weighted by molar-refractivity contribution is 7.71. The van der Waals surface area contributed by atoms with Crippen LogP contribution in [-0.2, 0) is 18.6 Å². The van der Waals surface area contributed by atoms with Gasteiger partial charge in [0.05, 0.1) is 30.2 Å². The van der Waals surface area contributed by atoms with Crippen molar-refractivity contribution < 1.29 is 33.7 Å². The summed E-state index contributed by atoms with van der Waals surface area (Å²) < 4.78 is 30.3. The Labute approximate surface area is 196 Å². The van der Waals surface area contributed by atoms with Crippen molar-refractivity contribution in [2.75, 3.05) is 6.61 Å². The maximum atomic E-state index is 12.9. The smallest absolute Gasteiger partial charge is 0.362 e. The number of ether oxygens (including phenoxy) is 2. The number of hydrogen-bond acceptors (Lipinski definition) is 9. The number of pyridine rings is 1. The first-order valence-corrected chi connectivity index (χ1v) is 13.0. The Bertz CT molecular complexity index is 1160. The van der Waals surface area contributed by atoms with Gasteiger partial charge >= 0.3 is 7.60 Å². The molecule has 2 aromatic heterocycles. The normalized spacial score (nSPS) is 33.1. The Morgan fingerprint density at radius 2 is 2.09 bits per heavy atom. The van der Waals surface area contributed by atoms with E-state index in [1.54, 1.807) is 26.1 Å². The third-order valence-corrected chi connectivity index (χ3v) is 9.28. The van der Waals surface area contributed by atoms with Crippen LogP contribution in [0.2, 0.25) is 0 Å². The Balaban J connectivity index is 1.57. The summed E-state index contributed by atoms with van der Waals surface area (Å²) in [7, 11) is -4.09. The lowest BCUT2D eigenvalue weighted by molar-refractivity contribution is -0.0484. The van der Waals surface area contributed by atoms with Gasteiger partial charge in [0.1, 0.15) is 28.5 Å². The number of hydrogen-bond donors (Lipinski definition) is 4. The summed E-state index contributed by atoms with van der Waals surface area (Å²) in [5.74, 6) is 0. The summed E-state index contributed by atoms with van der Waals surface area (Å²) in [6.07, 6.45) is -1.80. The van der Waals surface area contributed by atoms with Crippen molar-refractivity contribution in [2.45, 2.75) is 82.3 Å². The van der Waals surface area contributed by atoms with E-state index in [0.29, 0.717) is 34.2 Å². The summed E-state index contributed by atoms with van der Waals surface area (Å²) in [6, 6.07) is 1.70. The third-order valence-electron chi connectivity index (χ3n) is 6.65. The predicted octanol–water partition coefficient (Wildman–Crippen LogP) is 3.05. The number of aliphatic hydroxyl groups excluding tert-OH is 2. The minimum atomic E-state index is -4.09. The van der Waals surface area contributed by atoms with Gasteiger partial charge in [-0.05, 0) is 32.8 Å². The molecule has 2 aliphatic rings. The molecule has 2 fully saturated rings. The number of nitrogens with zero attached hydrogens (tertiary/aromatic N) is 2. The highest BCUT2D eigenvalue weighted by Gasteiger charge is 2.61. The summed E-state index contributed by atoms with van der Waals surface area (Å²) in [5, 5.41) is 20.4. The lowest BCUT2D eigenvalue weighted by Crippen LogP contribution is -2.39. The largest absolute Gasteiger partial charge is 0.388 e. The van der Waals surface area contributed by atoms with Crippen LogP contribution in [0.15, 0.2) is 12.3 Å². The zero-order valence-electron chi connectivity index (χ0n) is 19.0. The number of fused-ring (bicyclic) bond motifs is 1. The van der Waals surface area contributed by atoms with Crippen LogP contribution in [0, 0.1) is 11.6 Å². The van der Waals surface area contributed by atoms with Gasteiger partial charge in [0, 0.05) is 12.0 Å². The Hall–Kier alpha value is -1.30. The van der Waals surface area contributed by atoms with Crippen molar-refractivity contribution >= 4 is 31.0 Å². The fourth-order valence-electron chi connectivity index (χ4n) is 4.18. The molecule has 4 N–H and O–H groups in total. The number of H-pyrrole nitrogens is 1. The van der Waals surface area contributed by atoms with E-state index < -0.39 is 43.0 Å². The van der Waals surface area contributed by atoms with Crippen LogP contribution in [-0.4, -0.2) is 65.9 Å². The van der Waals surface area contributed by atoms with Crippen molar-refractivity contribution in [1.29, 1.82) is 0 Å². The molecule has 0 spiro atoms. The second-order valence-corrected chi connectivity index (χ2v) is 11.5. The number of aryl methyl sites for hydroxylation is 1.